The largest absolute Gasteiger partial charge is 0.457 e. The molecule has 0 radical (unpaired) electrons. The second kappa shape index (κ2) is 27.4. The van der Waals surface area contributed by atoms with Crippen LogP contribution in [0.4, 0.5) is 0 Å². The normalized spacial score (nSPS) is 13.1. The Hall–Kier alpha value is -15.9. The van der Waals surface area contributed by atoms with Gasteiger partial charge in [0.15, 0.2) is 34.9 Å². The third-order valence-corrected chi connectivity index (χ3v) is 25.0. The predicted molar refractivity (Wildman–Crippen MR) is 483 cm³/mol. The summed E-state index contributed by atoms with van der Waals surface area (Å²) >= 11 is 0. The van der Waals surface area contributed by atoms with E-state index in [1.165, 1.54) is 60.7 Å². The Kier molecular flexibility index (Phi) is 15.6. The van der Waals surface area contributed by atoms with Crippen LogP contribution in [0.3, 0.4) is 0 Å². The smallest absolute Gasteiger partial charge is 0.164 e. The second-order valence-corrected chi connectivity index (χ2v) is 31.4. The lowest BCUT2D eigenvalue weighted by molar-refractivity contribution is 0.436. The molecule has 8 nitrogen and oxygen atoms in total. The van der Waals surface area contributed by atoms with E-state index in [4.69, 9.17) is 39.4 Å². The van der Waals surface area contributed by atoms with E-state index in [0.717, 1.165) is 140 Å². The van der Waals surface area contributed by atoms with Crippen molar-refractivity contribution in [1.29, 1.82) is 0 Å². The van der Waals surface area contributed by atoms with Gasteiger partial charge in [0.05, 0.1) is 10.8 Å². The first-order valence-electron chi connectivity index (χ1n) is 40.8. The summed E-state index contributed by atoms with van der Waals surface area (Å²) in [6.07, 6.45) is 0. The van der Waals surface area contributed by atoms with Crippen LogP contribution < -0.4 is 9.47 Å². The molecular weight excluding hydrogens is 1460 g/mol. The minimum atomic E-state index is -0.640. The highest BCUT2D eigenvalue weighted by atomic mass is 16.5. The van der Waals surface area contributed by atoms with E-state index in [0.29, 0.717) is 34.9 Å². The van der Waals surface area contributed by atoms with Crippen molar-refractivity contribution in [2.75, 3.05) is 0 Å². The Labute approximate surface area is 693 Å². The van der Waals surface area contributed by atoms with Gasteiger partial charge in [0.25, 0.3) is 0 Å². The molecule has 4 heterocycles. The zero-order chi connectivity index (χ0) is 79.0. The predicted octanol–water partition coefficient (Wildman–Crippen LogP) is 27.6. The Balaban J connectivity index is 0.627. The number of nitrogens with zero attached hydrogens (tertiary/aromatic N) is 6. The van der Waals surface area contributed by atoms with Crippen LogP contribution in [0.2, 0.25) is 0 Å². The Morgan fingerprint density at radius 1 is 0.150 bits per heavy atom. The van der Waals surface area contributed by atoms with Gasteiger partial charge in [0, 0.05) is 55.6 Å². The van der Waals surface area contributed by atoms with E-state index in [-0.39, 0.29) is 0 Å². The molecule has 2 aliphatic carbocycles. The minimum absolute atomic E-state index is 0.544. The summed E-state index contributed by atoms with van der Waals surface area (Å²) in [5.41, 5.74) is 28.3. The lowest BCUT2D eigenvalue weighted by Crippen LogP contribution is -2.32. The maximum Gasteiger partial charge on any atom is 0.164 e. The van der Waals surface area contributed by atoms with Crippen molar-refractivity contribution in [1.82, 2.24) is 29.9 Å². The first kappa shape index (κ1) is 68.5. The van der Waals surface area contributed by atoms with Gasteiger partial charge in [-0.1, -0.05) is 358 Å². The van der Waals surface area contributed by atoms with Gasteiger partial charge in [-0.25, -0.2) is 29.9 Å². The number of ether oxygens (including phenoxy) is 2. The molecule has 0 bridgehead atoms. The summed E-state index contributed by atoms with van der Waals surface area (Å²) in [6.45, 7) is 0. The van der Waals surface area contributed by atoms with Crippen LogP contribution in [0.25, 0.3) is 168 Å². The summed E-state index contributed by atoms with van der Waals surface area (Å²) in [5, 5.41) is 4.66. The van der Waals surface area contributed by atoms with Gasteiger partial charge in [-0.2, -0.15) is 0 Å². The summed E-state index contributed by atoms with van der Waals surface area (Å²) in [6, 6.07) is 147. The Morgan fingerprint density at radius 2 is 0.475 bits per heavy atom. The van der Waals surface area contributed by atoms with E-state index in [1.807, 2.05) is 24.3 Å². The van der Waals surface area contributed by atoms with Gasteiger partial charge in [-0.3, -0.25) is 0 Å². The standard InChI is InChI=1S/C112H68N6O2/c1-3-25-69(26-4-1)74-30-23-32-80(63-74)106-114-107(117-109(116-106)90-40-10-9-35-84(90)78-57-61-99-103(67-78)119-101-47-21-19-45-97(101)111(99)93-41-15-11-36-86(93)87-37-12-16-42-94(87)111)81-33-24-31-75(64-81)70-49-51-71(52-50-70)76-55-60-91(110-115-105(73-28-5-2-6-29-73)113-108(118-110)82-56-59-85-77(65-82)54-53-72-27-7-8-34-83(72)85)92(66-76)79-58-62-100-104(68-79)120-102-48-22-20-46-98(102)112(100)95-43-17-13-38-88(95)89-39-14-18-44-96(89)112/h1-68H. The van der Waals surface area contributed by atoms with Crippen LogP contribution in [0, 0.1) is 0 Å². The second-order valence-electron chi connectivity index (χ2n) is 31.4. The number of aromatic nitrogens is 6. The Bertz CT molecular complexity index is 7540. The molecular formula is C112H68N6O2. The molecule has 8 heteroatoms. The van der Waals surface area contributed by atoms with Gasteiger partial charge in [0.2, 0.25) is 0 Å². The number of para-hydroxylation sites is 2. The molecule has 120 heavy (non-hydrogen) atoms. The molecule has 24 rings (SSSR count). The topological polar surface area (TPSA) is 95.8 Å². The number of hydrogen-bond donors (Lipinski definition) is 0. The summed E-state index contributed by atoms with van der Waals surface area (Å²) in [4.78, 5) is 32.6. The van der Waals surface area contributed by atoms with Crippen LogP contribution in [0.5, 0.6) is 23.0 Å². The average Bonchev–Trinajstić information content (AvgIpc) is 1.50. The maximum absolute atomic E-state index is 7.21. The van der Waals surface area contributed by atoms with E-state index in [1.54, 1.807) is 0 Å². The zero-order valence-corrected chi connectivity index (χ0v) is 64.8. The Morgan fingerprint density at radius 3 is 1.00 bits per heavy atom. The fourth-order valence-electron chi connectivity index (χ4n) is 19.6. The molecule has 0 unspecified atom stereocenters. The molecule has 558 valence electrons. The molecule has 0 fully saturated rings. The lowest BCUT2D eigenvalue weighted by Gasteiger charge is -2.39. The van der Waals surface area contributed by atoms with Crippen molar-refractivity contribution >= 4 is 21.5 Å². The number of rotatable bonds is 11. The third-order valence-electron chi connectivity index (χ3n) is 25.0. The van der Waals surface area contributed by atoms with Gasteiger partial charge in [0.1, 0.15) is 23.0 Å². The van der Waals surface area contributed by atoms with Gasteiger partial charge in [-0.05, 0) is 176 Å². The van der Waals surface area contributed by atoms with E-state index < -0.39 is 10.8 Å². The van der Waals surface area contributed by atoms with Crippen LogP contribution >= 0.6 is 0 Å². The number of fused-ring (bicyclic) bond motifs is 21. The molecule has 0 saturated heterocycles. The summed E-state index contributed by atoms with van der Waals surface area (Å²) in [5.74, 6) is 6.58. The van der Waals surface area contributed by atoms with Crippen LogP contribution in [-0.4, -0.2) is 29.9 Å². The molecule has 2 aromatic heterocycles. The fraction of sp³-hybridized carbons (Fsp3) is 0.0179. The van der Waals surface area contributed by atoms with E-state index in [2.05, 4.69) is 388 Å². The molecule has 4 aliphatic rings. The lowest BCUT2D eigenvalue weighted by atomic mass is 9.66. The van der Waals surface area contributed by atoms with Crippen molar-refractivity contribution in [3.05, 3.63) is 457 Å². The molecule has 2 aliphatic heterocycles. The molecule has 2 spiro atoms. The number of benzene rings is 18. The van der Waals surface area contributed by atoms with Crippen molar-refractivity contribution in [2.24, 2.45) is 0 Å². The highest BCUT2D eigenvalue weighted by Crippen LogP contribution is 2.65. The van der Waals surface area contributed by atoms with E-state index in [9.17, 15) is 0 Å². The van der Waals surface area contributed by atoms with Crippen molar-refractivity contribution in [3.63, 3.8) is 0 Å². The van der Waals surface area contributed by atoms with Gasteiger partial charge < -0.3 is 9.47 Å². The monoisotopic (exact) mass is 1530 g/mol. The quantitative estimate of drug-likeness (QED) is 0.118. The molecule has 0 saturated carbocycles. The van der Waals surface area contributed by atoms with Crippen LogP contribution in [0.15, 0.2) is 413 Å². The van der Waals surface area contributed by atoms with Gasteiger partial charge >= 0.3 is 0 Å². The molecule has 18 aromatic carbocycles. The van der Waals surface area contributed by atoms with Crippen molar-refractivity contribution < 1.29 is 9.47 Å². The zero-order valence-electron chi connectivity index (χ0n) is 64.8. The first-order chi connectivity index (χ1) is 59.4. The highest BCUT2D eigenvalue weighted by Gasteiger charge is 2.53. The van der Waals surface area contributed by atoms with Crippen molar-refractivity contribution in [2.45, 2.75) is 10.8 Å². The highest BCUT2D eigenvalue weighted by molar-refractivity contribution is 6.08. The molecule has 0 amide bonds. The van der Waals surface area contributed by atoms with Gasteiger partial charge in [-0.15, -0.1) is 0 Å². The fourth-order valence-corrected chi connectivity index (χ4v) is 19.6. The first-order valence-corrected chi connectivity index (χ1v) is 40.8. The third kappa shape index (κ3) is 10.8. The summed E-state index contributed by atoms with van der Waals surface area (Å²) in [7, 11) is 0. The van der Waals surface area contributed by atoms with Crippen LogP contribution in [0.1, 0.15) is 44.5 Å². The number of hydrogen-bond acceptors (Lipinski definition) is 8. The molecule has 0 atom stereocenters. The van der Waals surface area contributed by atoms with E-state index >= 15 is 0 Å². The average molecular weight is 1530 g/mol. The molecule has 20 aromatic rings. The molecule has 0 N–H and O–H groups in total. The minimum Gasteiger partial charge on any atom is -0.457 e. The SMILES string of the molecule is c1ccc(-c2cccc(-c3nc(-c4cccc(-c5ccc(-c6ccc(-c7nc(-c8ccccc8)nc(-c8ccc9c(ccc%10ccccc%109)c8)n7)c(-c7ccc8c(c7)Oc7ccccc7C87c8ccccc8-c8ccccc87)c6)cc5)c4)nc(-c4ccccc4-c4ccc5c(c4)Oc4ccccc4C54c5ccccc5-c5ccccc54)n3)c2)cc1. The maximum atomic E-state index is 7.21. The summed E-state index contributed by atoms with van der Waals surface area (Å²) < 4.78 is 14.3. The van der Waals surface area contributed by atoms with Crippen LogP contribution in [-0.2, 0) is 10.8 Å². The van der Waals surface area contributed by atoms with Crippen molar-refractivity contribution in [3.8, 4) is 169 Å².